The van der Waals surface area contributed by atoms with E-state index in [2.05, 4.69) is 22.2 Å². The number of rotatable bonds is 6. The normalized spacial score (nSPS) is 12.5. The summed E-state index contributed by atoms with van der Waals surface area (Å²) in [5, 5.41) is 3.85. The van der Waals surface area contributed by atoms with Gasteiger partial charge in [-0.3, -0.25) is 0 Å². The Kier molecular flexibility index (Phi) is 5.49. The number of aromatic nitrogens is 2. The van der Waals surface area contributed by atoms with Crippen LogP contribution in [0.2, 0.25) is 5.15 Å². The largest absolute Gasteiger partial charge is 0.383 e. The molecule has 90 valence electrons. The topological polar surface area (TPSA) is 47.0 Å². The zero-order chi connectivity index (χ0) is 12.0. The van der Waals surface area contributed by atoms with Gasteiger partial charge in [0.05, 0.1) is 12.6 Å². The smallest absolute Gasteiger partial charge is 0.137 e. The van der Waals surface area contributed by atoms with Gasteiger partial charge >= 0.3 is 0 Å². The first-order valence-corrected chi connectivity index (χ1v) is 5.85. The molecule has 0 aliphatic carbocycles. The second kappa shape index (κ2) is 6.66. The summed E-state index contributed by atoms with van der Waals surface area (Å²) in [5.41, 5.74) is 0.957. The van der Waals surface area contributed by atoms with Crippen molar-refractivity contribution in [2.45, 2.75) is 32.7 Å². The van der Waals surface area contributed by atoms with Gasteiger partial charge in [-0.15, -0.1) is 0 Å². The fourth-order valence-corrected chi connectivity index (χ4v) is 1.75. The highest BCUT2D eigenvalue weighted by atomic mass is 35.5. The molecule has 5 heteroatoms. The van der Waals surface area contributed by atoms with Crippen LogP contribution in [0.5, 0.6) is 0 Å². The second-order valence-corrected chi connectivity index (χ2v) is 3.91. The standard InChI is InChI=1S/C11H18ClN3O/c1-4-8(6-16-3)15-11-9(5-2)10(12)13-7-14-11/h7-8H,4-6H2,1-3H3,(H,13,14,15). The number of halogens is 1. The van der Waals surface area contributed by atoms with Crippen molar-refractivity contribution in [1.82, 2.24) is 9.97 Å². The zero-order valence-corrected chi connectivity index (χ0v) is 10.7. The summed E-state index contributed by atoms with van der Waals surface area (Å²) in [4.78, 5) is 8.19. The van der Waals surface area contributed by atoms with Crippen molar-refractivity contribution >= 4 is 17.4 Å². The van der Waals surface area contributed by atoms with Gasteiger partial charge in [0.1, 0.15) is 17.3 Å². The maximum Gasteiger partial charge on any atom is 0.137 e. The number of nitrogens with zero attached hydrogens (tertiary/aromatic N) is 2. The van der Waals surface area contributed by atoms with Crippen LogP contribution in [0.1, 0.15) is 25.8 Å². The van der Waals surface area contributed by atoms with Crippen LogP contribution < -0.4 is 5.32 Å². The first kappa shape index (κ1) is 13.2. The van der Waals surface area contributed by atoms with Gasteiger partial charge in [-0.2, -0.15) is 0 Å². The molecule has 0 aliphatic heterocycles. The van der Waals surface area contributed by atoms with E-state index in [1.165, 1.54) is 6.33 Å². The van der Waals surface area contributed by atoms with E-state index in [9.17, 15) is 0 Å². The van der Waals surface area contributed by atoms with Gasteiger partial charge in [-0.1, -0.05) is 25.4 Å². The molecule has 1 atom stereocenters. The third-order valence-corrected chi connectivity index (χ3v) is 2.77. The molecule has 0 fully saturated rings. The minimum atomic E-state index is 0.251. The highest BCUT2D eigenvalue weighted by molar-refractivity contribution is 6.30. The van der Waals surface area contributed by atoms with Crippen molar-refractivity contribution in [2.24, 2.45) is 0 Å². The van der Waals surface area contributed by atoms with Crippen LogP contribution in [0.15, 0.2) is 6.33 Å². The van der Waals surface area contributed by atoms with Crippen LogP contribution in [0.4, 0.5) is 5.82 Å². The lowest BCUT2D eigenvalue weighted by atomic mass is 10.2. The molecule has 0 saturated carbocycles. The third kappa shape index (κ3) is 3.32. The summed E-state index contributed by atoms with van der Waals surface area (Å²) in [6.45, 7) is 4.79. The number of methoxy groups -OCH3 is 1. The van der Waals surface area contributed by atoms with E-state index in [1.807, 2.05) is 6.92 Å². The van der Waals surface area contributed by atoms with Crippen molar-refractivity contribution in [3.05, 3.63) is 17.0 Å². The van der Waals surface area contributed by atoms with Crippen molar-refractivity contribution in [3.63, 3.8) is 0 Å². The molecule has 0 saturated heterocycles. The molecule has 0 aromatic carbocycles. The van der Waals surface area contributed by atoms with Crippen LogP contribution in [0.3, 0.4) is 0 Å². The fraction of sp³-hybridized carbons (Fsp3) is 0.636. The minimum absolute atomic E-state index is 0.251. The second-order valence-electron chi connectivity index (χ2n) is 3.55. The third-order valence-electron chi connectivity index (χ3n) is 2.45. The van der Waals surface area contributed by atoms with Crippen LogP contribution >= 0.6 is 11.6 Å². The molecule has 4 nitrogen and oxygen atoms in total. The maximum atomic E-state index is 6.01. The van der Waals surface area contributed by atoms with E-state index in [-0.39, 0.29) is 6.04 Å². The molecule has 0 radical (unpaired) electrons. The Labute approximate surface area is 101 Å². The van der Waals surface area contributed by atoms with Gasteiger partial charge in [0, 0.05) is 12.7 Å². The Morgan fingerprint density at radius 1 is 1.44 bits per heavy atom. The number of anilines is 1. The van der Waals surface area contributed by atoms with Gasteiger partial charge in [-0.05, 0) is 12.8 Å². The molecule has 0 aliphatic rings. The Bertz CT molecular complexity index is 333. The molecule has 0 amide bonds. The maximum absolute atomic E-state index is 6.01. The van der Waals surface area contributed by atoms with E-state index >= 15 is 0 Å². The van der Waals surface area contributed by atoms with E-state index < -0.39 is 0 Å². The molecule has 1 rings (SSSR count). The molecule has 1 heterocycles. The number of hydrogen-bond acceptors (Lipinski definition) is 4. The van der Waals surface area contributed by atoms with Gasteiger partial charge in [0.15, 0.2) is 0 Å². The Morgan fingerprint density at radius 2 is 2.19 bits per heavy atom. The number of nitrogens with one attached hydrogen (secondary N) is 1. The Balaban J connectivity index is 2.82. The first-order chi connectivity index (χ1) is 7.72. The summed E-state index contributed by atoms with van der Waals surface area (Å²) >= 11 is 6.01. The van der Waals surface area contributed by atoms with Crippen LogP contribution in [0, 0.1) is 0 Å². The SMILES string of the molecule is CCc1c(Cl)ncnc1NC(CC)COC. The van der Waals surface area contributed by atoms with Gasteiger partial charge in [-0.25, -0.2) is 9.97 Å². The molecular weight excluding hydrogens is 226 g/mol. The molecule has 0 bridgehead atoms. The number of hydrogen-bond donors (Lipinski definition) is 1. The summed E-state index contributed by atoms with van der Waals surface area (Å²) in [6, 6.07) is 0.251. The predicted octanol–water partition coefficient (Wildman–Crippen LogP) is 2.53. The molecule has 1 aromatic heterocycles. The van der Waals surface area contributed by atoms with E-state index in [0.29, 0.717) is 11.8 Å². The lowest BCUT2D eigenvalue weighted by Gasteiger charge is -2.18. The molecule has 1 aromatic rings. The van der Waals surface area contributed by atoms with Crippen LogP contribution in [-0.4, -0.2) is 29.7 Å². The zero-order valence-electron chi connectivity index (χ0n) is 9.96. The molecule has 1 unspecified atom stereocenters. The lowest BCUT2D eigenvalue weighted by molar-refractivity contribution is 0.184. The van der Waals surface area contributed by atoms with Crippen molar-refractivity contribution in [2.75, 3.05) is 19.0 Å². The predicted molar refractivity (Wildman–Crippen MR) is 66.0 cm³/mol. The molecule has 0 spiro atoms. The van der Waals surface area contributed by atoms with Crippen LogP contribution in [0.25, 0.3) is 0 Å². The van der Waals surface area contributed by atoms with E-state index in [4.69, 9.17) is 16.3 Å². The highest BCUT2D eigenvalue weighted by Gasteiger charge is 2.12. The average Bonchev–Trinajstić information content (AvgIpc) is 2.28. The van der Waals surface area contributed by atoms with E-state index in [1.54, 1.807) is 7.11 Å². The summed E-state index contributed by atoms with van der Waals surface area (Å²) in [5.74, 6) is 0.811. The molecule has 16 heavy (non-hydrogen) atoms. The summed E-state index contributed by atoms with van der Waals surface area (Å²) in [6.07, 6.45) is 3.26. The fourth-order valence-electron chi connectivity index (χ4n) is 1.48. The summed E-state index contributed by atoms with van der Waals surface area (Å²) in [7, 11) is 1.69. The quantitative estimate of drug-likeness (QED) is 0.780. The van der Waals surface area contributed by atoms with E-state index in [0.717, 1.165) is 24.2 Å². The van der Waals surface area contributed by atoms with Gasteiger partial charge < -0.3 is 10.1 Å². The van der Waals surface area contributed by atoms with Gasteiger partial charge in [0.25, 0.3) is 0 Å². The minimum Gasteiger partial charge on any atom is -0.383 e. The van der Waals surface area contributed by atoms with Crippen LogP contribution in [-0.2, 0) is 11.2 Å². The Morgan fingerprint density at radius 3 is 2.75 bits per heavy atom. The molecular formula is C11H18ClN3O. The summed E-state index contributed by atoms with van der Waals surface area (Å²) < 4.78 is 5.13. The monoisotopic (exact) mass is 243 g/mol. The average molecular weight is 244 g/mol. The molecule has 1 N–H and O–H groups in total. The Hall–Kier alpha value is -0.870. The van der Waals surface area contributed by atoms with Crippen molar-refractivity contribution in [3.8, 4) is 0 Å². The number of ether oxygens (including phenoxy) is 1. The van der Waals surface area contributed by atoms with Crippen molar-refractivity contribution in [1.29, 1.82) is 0 Å². The van der Waals surface area contributed by atoms with Crippen molar-refractivity contribution < 1.29 is 4.74 Å². The highest BCUT2D eigenvalue weighted by Crippen LogP contribution is 2.21. The first-order valence-electron chi connectivity index (χ1n) is 5.47. The lowest BCUT2D eigenvalue weighted by Crippen LogP contribution is -2.25. The van der Waals surface area contributed by atoms with Gasteiger partial charge in [0.2, 0.25) is 0 Å².